The van der Waals surface area contributed by atoms with E-state index in [0.717, 1.165) is 11.5 Å². The van der Waals surface area contributed by atoms with Crippen LogP contribution in [0.2, 0.25) is 0 Å². The van der Waals surface area contributed by atoms with Crippen molar-refractivity contribution in [1.29, 1.82) is 0 Å². The van der Waals surface area contributed by atoms with Gasteiger partial charge in [0, 0.05) is 10.9 Å². The zero-order valence-electron chi connectivity index (χ0n) is 10.7. The number of methoxy groups -OCH3 is 1. The molecule has 1 heterocycles. The second-order valence-electron chi connectivity index (χ2n) is 4.37. The maximum absolute atomic E-state index is 13.6. The fourth-order valence-corrected chi connectivity index (χ4v) is 2.09. The van der Waals surface area contributed by atoms with Gasteiger partial charge in [0.05, 0.1) is 12.7 Å². The lowest BCUT2D eigenvalue weighted by Gasteiger charge is -2.02. The summed E-state index contributed by atoms with van der Waals surface area (Å²) >= 11 is 0. The van der Waals surface area contributed by atoms with E-state index in [4.69, 9.17) is 4.42 Å². The first-order chi connectivity index (χ1) is 9.67. The third-order valence-corrected chi connectivity index (χ3v) is 3.03. The average molecular weight is 270 g/mol. The number of rotatable bonds is 2. The highest BCUT2D eigenvalue weighted by atomic mass is 19.1. The van der Waals surface area contributed by atoms with Crippen molar-refractivity contribution in [3.63, 3.8) is 0 Å². The van der Waals surface area contributed by atoms with E-state index < -0.39 is 11.8 Å². The molecule has 0 amide bonds. The van der Waals surface area contributed by atoms with Gasteiger partial charge >= 0.3 is 5.97 Å². The second-order valence-corrected chi connectivity index (χ2v) is 4.37. The number of hydrogen-bond acceptors (Lipinski definition) is 3. The van der Waals surface area contributed by atoms with Crippen molar-refractivity contribution in [3.8, 4) is 11.3 Å². The van der Waals surface area contributed by atoms with Crippen LogP contribution in [0.5, 0.6) is 0 Å². The summed E-state index contributed by atoms with van der Waals surface area (Å²) in [4.78, 5) is 11.5. The van der Waals surface area contributed by atoms with Gasteiger partial charge in [0.15, 0.2) is 0 Å². The van der Waals surface area contributed by atoms with Crippen LogP contribution in [-0.2, 0) is 4.74 Å². The van der Waals surface area contributed by atoms with Gasteiger partial charge in [-0.3, -0.25) is 0 Å². The lowest BCUT2D eigenvalue weighted by molar-refractivity contribution is 0.0600. The molecule has 0 aliphatic carbocycles. The maximum Gasteiger partial charge on any atom is 0.337 e. The number of furan rings is 1. The van der Waals surface area contributed by atoms with Crippen LogP contribution >= 0.6 is 0 Å². The van der Waals surface area contributed by atoms with Gasteiger partial charge in [-0.1, -0.05) is 18.2 Å². The van der Waals surface area contributed by atoms with E-state index in [2.05, 4.69) is 4.74 Å². The Morgan fingerprint density at radius 1 is 1.15 bits per heavy atom. The number of para-hydroxylation sites is 1. The Hall–Kier alpha value is -2.62. The topological polar surface area (TPSA) is 39.4 Å². The second kappa shape index (κ2) is 4.81. The van der Waals surface area contributed by atoms with Crippen LogP contribution in [0.25, 0.3) is 22.3 Å². The Morgan fingerprint density at radius 2 is 1.95 bits per heavy atom. The quantitative estimate of drug-likeness (QED) is 0.660. The third kappa shape index (κ3) is 2.16. The van der Waals surface area contributed by atoms with Gasteiger partial charge in [0.2, 0.25) is 0 Å². The predicted molar refractivity (Wildman–Crippen MR) is 72.9 cm³/mol. The van der Waals surface area contributed by atoms with Gasteiger partial charge < -0.3 is 9.15 Å². The summed E-state index contributed by atoms with van der Waals surface area (Å²) in [6, 6.07) is 13.3. The van der Waals surface area contributed by atoms with Gasteiger partial charge in [-0.25, -0.2) is 9.18 Å². The molecule has 1 aromatic heterocycles. The van der Waals surface area contributed by atoms with Crippen molar-refractivity contribution in [2.45, 2.75) is 0 Å². The SMILES string of the molecule is COC(=O)c1cc(F)cc(-c2cc3ccccc3o2)c1. The van der Waals surface area contributed by atoms with Gasteiger partial charge in [-0.05, 0) is 30.3 Å². The number of benzene rings is 2. The molecule has 0 bridgehead atoms. The Morgan fingerprint density at radius 3 is 2.70 bits per heavy atom. The highest BCUT2D eigenvalue weighted by Gasteiger charge is 2.12. The molecule has 0 saturated heterocycles. The van der Waals surface area contributed by atoms with Crippen molar-refractivity contribution in [1.82, 2.24) is 0 Å². The Labute approximate surface area is 114 Å². The van der Waals surface area contributed by atoms with Crippen molar-refractivity contribution < 1.29 is 18.3 Å². The molecule has 2 aromatic carbocycles. The summed E-state index contributed by atoms with van der Waals surface area (Å²) < 4.78 is 23.9. The van der Waals surface area contributed by atoms with Gasteiger partial charge in [0.1, 0.15) is 17.2 Å². The number of carbonyl (C=O) groups is 1. The first kappa shape index (κ1) is 12.4. The van der Waals surface area contributed by atoms with Gasteiger partial charge in [0.25, 0.3) is 0 Å². The van der Waals surface area contributed by atoms with Crippen molar-refractivity contribution in [2.75, 3.05) is 7.11 Å². The number of carbonyl (C=O) groups excluding carboxylic acids is 1. The molecule has 0 spiro atoms. The van der Waals surface area contributed by atoms with Crippen LogP contribution in [0, 0.1) is 5.82 Å². The highest BCUT2D eigenvalue weighted by Crippen LogP contribution is 2.29. The summed E-state index contributed by atoms with van der Waals surface area (Å²) in [5.41, 5.74) is 1.37. The van der Waals surface area contributed by atoms with E-state index in [0.29, 0.717) is 16.9 Å². The summed E-state index contributed by atoms with van der Waals surface area (Å²) in [6.45, 7) is 0. The van der Waals surface area contributed by atoms with Gasteiger partial charge in [-0.15, -0.1) is 0 Å². The molecule has 0 unspecified atom stereocenters. The van der Waals surface area contributed by atoms with Crippen molar-refractivity contribution in [3.05, 3.63) is 59.9 Å². The first-order valence-electron chi connectivity index (χ1n) is 6.05. The fraction of sp³-hybridized carbons (Fsp3) is 0.0625. The standard InChI is InChI=1S/C16H11FO3/c1-19-16(18)12-6-11(7-13(17)8-12)15-9-10-4-2-3-5-14(10)20-15/h2-9H,1H3. The minimum Gasteiger partial charge on any atom is -0.465 e. The Kier molecular flexibility index (Phi) is 2.99. The van der Waals surface area contributed by atoms with E-state index in [1.165, 1.54) is 13.2 Å². The highest BCUT2D eigenvalue weighted by molar-refractivity contribution is 5.91. The van der Waals surface area contributed by atoms with E-state index in [-0.39, 0.29) is 5.56 Å². The molecule has 0 fully saturated rings. The minimum absolute atomic E-state index is 0.156. The van der Waals surface area contributed by atoms with E-state index in [9.17, 15) is 9.18 Å². The monoisotopic (exact) mass is 270 g/mol. The molecular weight excluding hydrogens is 259 g/mol. The van der Waals surface area contributed by atoms with Crippen LogP contribution in [-0.4, -0.2) is 13.1 Å². The molecule has 0 N–H and O–H groups in total. The molecule has 20 heavy (non-hydrogen) atoms. The number of halogens is 1. The van der Waals surface area contributed by atoms with Crippen LogP contribution in [0.3, 0.4) is 0 Å². The lowest BCUT2D eigenvalue weighted by Crippen LogP contribution is -2.01. The zero-order chi connectivity index (χ0) is 14.1. The summed E-state index contributed by atoms with van der Waals surface area (Å²) in [6.07, 6.45) is 0. The number of ether oxygens (including phenoxy) is 1. The first-order valence-corrected chi connectivity index (χ1v) is 6.05. The number of esters is 1. The third-order valence-electron chi connectivity index (χ3n) is 3.03. The summed E-state index contributed by atoms with van der Waals surface area (Å²) in [5, 5.41) is 0.923. The normalized spacial score (nSPS) is 10.7. The molecule has 0 aliphatic heterocycles. The maximum atomic E-state index is 13.6. The molecule has 100 valence electrons. The van der Waals surface area contributed by atoms with Crippen molar-refractivity contribution in [2.24, 2.45) is 0 Å². The Balaban J connectivity index is 2.13. The average Bonchev–Trinajstić information content (AvgIpc) is 2.89. The predicted octanol–water partition coefficient (Wildman–Crippen LogP) is 4.03. The van der Waals surface area contributed by atoms with Gasteiger partial charge in [-0.2, -0.15) is 0 Å². The van der Waals surface area contributed by atoms with E-state index >= 15 is 0 Å². The molecule has 0 radical (unpaired) electrons. The summed E-state index contributed by atoms with van der Waals surface area (Å²) in [7, 11) is 1.26. The molecule has 4 heteroatoms. The van der Waals surface area contributed by atoms with Crippen LogP contribution in [0.1, 0.15) is 10.4 Å². The molecule has 0 aliphatic rings. The van der Waals surface area contributed by atoms with Crippen LogP contribution < -0.4 is 0 Å². The Bertz CT molecular complexity index is 756. The largest absolute Gasteiger partial charge is 0.465 e. The minimum atomic E-state index is -0.582. The molecule has 3 aromatic rings. The fourth-order valence-electron chi connectivity index (χ4n) is 2.09. The molecule has 0 saturated carbocycles. The van der Waals surface area contributed by atoms with Crippen molar-refractivity contribution >= 4 is 16.9 Å². The van der Waals surface area contributed by atoms with Crippen LogP contribution in [0.15, 0.2) is 52.9 Å². The molecule has 0 atom stereocenters. The molecule has 3 rings (SSSR count). The van der Waals surface area contributed by atoms with E-state index in [1.807, 2.05) is 30.3 Å². The van der Waals surface area contributed by atoms with Crippen LogP contribution in [0.4, 0.5) is 4.39 Å². The smallest absolute Gasteiger partial charge is 0.337 e. The van der Waals surface area contributed by atoms with E-state index in [1.54, 1.807) is 6.07 Å². The molecular formula is C16H11FO3. The number of hydrogen-bond donors (Lipinski definition) is 0. The summed E-state index contributed by atoms with van der Waals surface area (Å²) in [5.74, 6) is -0.582. The lowest BCUT2D eigenvalue weighted by atomic mass is 10.1. The zero-order valence-corrected chi connectivity index (χ0v) is 10.7. The molecule has 3 nitrogen and oxygen atoms in total. The number of fused-ring (bicyclic) bond motifs is 1.